The van der Waals surface area contributed by atoms with Crippen LogP contribution in [0.2, 0.25) is 0 Å². The molecule has 0 aromatic heterocycles. The Morgan fingerprint density at radius 3 is 2.57 bits per heavy atom. The molecule has 2 rings (SSSR count). The van der Waals surface area contributed by atoms with Gasteiger partial charge in [-0.3, -0.25) is 0 Å². The molecule has 1 atom stereocenters. The second-order valence-electron chi connectivity index (χ2n) is 5.08. The third-order valence-electron chi connectivity index (χ3n) is 3.42. The minimum absolute atomic E-state index is 0.0833. The molecule has 1 N–H and O–H groups in total. The molecule has 2 aromatic carbocycles. The van der Waals surface area contributed by atoms with Gasteiger partial charge in [0.15, 0.2) is 0 Å². The molecule has 21 heavy (non-hydrogen) atoms. The van der Waals surface area contributed by atoms with Crippen LogP contribution in [-0.2, 0) is 6.42 Å². The second kappa shape index (κ2) is 7.52. The standard InChI is InChI=1S/C17H18Br2FN/c1-3-21-17(14-8-11(2)4-7-15(14)19)9-12-5-6-13(18)10-16(12)20/h4-8,10,17,21H,3,9H2,1-2H3. The van der Waals surface area contributed by atoms with Gasteiger partial charge in [-0.25, -0.2) is 4.39 Å². The lowest BCUT2D eigenvalue weighted by Crippen LogP contribution is -2.23. The van der Waals surface area contributed by atoms with Gasteiger partial charge in [0.2, 0.25) is 0 Å². The molecule has 0 saturated heterocycles. The number of rotatable bonds is 5. The lowest BCUT2D eigenvalue weighted by atomic mass is 9.97. The van der Waals surface area contributed by atoms with Crippen molar-refractivity contribution in [3.8, 4) is 0 Å². The number of aryl methyl sites for hydroxylation is 1. The molecule has 0 aliphatic heterocycles. The lowest BCUT2D eigenvalue weighted by molar-refractivity contribution is 0.526. The van der Waals surface area contributed by atoms with E-state index in [0.717, 1.165) is 21.1 Å². The predicted molar refractivity (Wildman–Crippen MR) is 93.1 cm³/mol. The zero-order valence-electron chi connectivity index (χ0n) is 12.1. The fourth-order valence-corrected chi connectivity index (χ4v) is 3.23. The maximum absolute atomic E-state index is 14.1. The van der Waals surface area contributed by atoms with E-state index in [-0.39, 0.29) is 11.9 Å². The summed E-state index contributed by atoms with van der Waals surface area (Å²) < 4.78 is 15.9. The van der Waals surface area contributed by atoms with Gasteiger partial charge in [-0.05, 0) is 49.2 Å². The van der Waals surface area contributed by atoms with Crippen LogP contribution in [0.15, 0.2) is 45.3 Å². The first-order valence-electron chi connectivity index (χ1n) is 6.94. The van der Waals surface area contributed by atoms with Gasteiger partial charge in [0.05, 0.1) is 0 Å². The van der Waals surface area contributed by atoms with Crippen LogP contribution in [0.4, 0.5) is 4.39 Å². The van der Waals surface area contributed by atoms with E-state index in [1.165, 1.54) is 17.2 Å². The van der Waals surface area contributed by atoms with Crippen molar-refractivity contribution in [3.63, 3.8) is 0 Å². The normalized spacial score (nSPS) is 12.4. The Balaban J connectivity index is 2.32. The molecular formula is C17H18Br2FN. The first-order chi connectivity index (χ1) is 10.0. The monoisotopic (exact) mass is 413 g/mol. The van der Waals surface area contributed by atoms with Gasteiger partial charge in [0, 0.05) is 15.0 Å². The van der Waals surface area contributed by atoms with Crippen molar-refractivity contribution >= 4 is 31.9 Å². The van der Waals surface area contributed by atoms with Crippen LogP contribution in [-0.4, -0.2) is 6.54 Å². The molecule has 0 saturated carbocycles. The van der Waals surface area contributed by atoms with Crippen LogP contribution >= 0.6 is 31.9 Å². The van der Waals surface area contributed by atoms with Crippen LogP contribution in [0.3, 0.4) is 0 Å². The van der Waals surface area contributed by atoms with Crippen LogP contribution in [0.25, 0.3) is 0 Å². The number of halogens is 3. The van der Waals surface area contributed by atoms with Crippen molar-refractivity contribution in [2.45, 2.75) is 26.3 Å². The maximum atomic E-state index is 14.1. The van der Waals surface area contributed by atoms with Crippen LogP contribution in [0.1, 0.15) is 29.7 Å². The predicted octanol–water partition coefficient (Wildman–Crippen LogP) is 5.55. The van der Waals surface area contributed by atoms with Crippen molar-refractivity contribution in [1.29, 1.82) is 0 Å². The molecule has 0 aliphatic carbocycles. The number of nitrogens with one attached hydrogen (secondary N) is 1. The van der Waals surface area contributed by atoms with Crippen LogP contribution in [0.5, 0.6) is 0 Å². The van der Waals surface area contributed by atoms with E-state index >= 15 is 0 Å². The average Bonchev–Trinajstić information content (AvgIpc) is 2.44. The number of likely N-dealkylation sites (N-methyl/N-ethyl adjacent to an activating group) is 1. The van der Waals surface area contributed by atoms with E-state index < -0.39 is 0 Å². The van der Waals surface area contributed by atoms with Crippen molar-refractivity contribution in [2.24, 2.45) is 0 Å². The Kier molecular flexibility index (Phi) is 5.97. The van der Waals surface area contributed by atoms with E-state index in [1.54, 1.807) is 0 Å². The minimum atomic E-state index is -0.170. The Morgan fingerprint density at radius 1 is 1.14 bits per heavy atom. The summed E-state index contributed by atoms with van der Waals surface area (Å²) in [6.45, 7) is 4.97. The highest BCUT2D eigenvalue weighted by molar-refractivity contribution is 9.10. The molecular weight excluding hydrogens is 397 g/mol. The molecule has 1 nitrogen and oxygen atoms in total. The number of hydrogen-bond acceptors (Lipinski definition) is 1. The summed E-state index contributed by atoms with van der Waals surface area (Å²) in [7, 11) is 0. The van der Waals surface area contributed by atoms with E-state index in [2.05, 4.69) is 63.2 Å². The van der Waals surface area contributed by atoms with Gasteiger partial charge in [-0.2, -0.15) is 0 Å². The van der Waals surface area contributed by atoms with E-state index in [0.29, 0.717) is 6.42 Å². The first kappa shape index (κ1) is 16.7. The van der Waals surface area contributed by atoms with E-state index in [1.807, 2.05) is 18.2 Å². The van der Waals surface area contributed by atoms with Gasteiger partial charge < -0.3 is 5.32 Å². The highest BCUT2D eigenvalue weighted by Crippen LogP contribution is 2.28. The Hall–Kier alpha value is -0.710. The average molecular weight is 415 g/mol. The van der Waals surface area contributed by atoms with Crippen molar-refractivity contribution < 1.29 is 4.39 Å². The Morgan fingerprint density at radius 2 is 1.90 bits per heavy atom. The van der Waals surface area contributed by atoms with Gasteiger partial charge in [-0.15, -0.1) is 0 Å². The quantitative estimate of drug-likeness (QED) is 0.675. The zero-order chi connectivity index (χ0) is 15.4. The molecule has 0 amide bonds. The zero-order valence-corrected chi connectivity index (χ0v) is 15.3. The molecule has 0 fully saturated rings. The summed E-state index contributed by atoms with van der Waals surface area (Å²) in [6, 6.07) is 11.6. The van der Waals surface area contributed by atoms with Gasteiger partial charge >= 0.3 is 0 Å². The van der Waals surface area contributed by atoms with Crippen molar-refractivity contribution in [3.05, 3.63) is 67.9 Å². The Bertz CT molecular complexity index is 628. The summed E-state index contributed by atoms with van der Waals surface area (Å²) in [4.78, 5) is 0. The lowest BCUT2D eigenvalue weighted by Gasteiger charge is -2.21. The highest BCUT2D eigenvalue weighted by Gasteiger charge is 2.16. The fourth-order valence-electron chi connectivity index (χ4n) is 2.38. The van der Waals surface area contributed by atoms with Gasteiger partial charge in [0.1, 0.15) is 5.82 Å². The Labute approximate surface area is 142 Å². The first-order valence-corrected chi connectivity index (χ1v) is 8.53. The minimum Gasteiger partial charge on any atom is -0.310 e. The smallest absolute Gasteiger partial charge is 0.127 e. The van der Waals surface area contributed by atoms with Crippen LogP contribution in [0, 0.1) is 12.7 Å². The van der Waals surface area contributed by atoms with Crippen LogP contribution < -0.4 is 5.32 Å². The molecule has 0 spiro atoms. The molecule has 0 heterocycles. The van der Waals surface area contributed by atoms with E-state index in [4.69, 9.17) is 0 Å². The SMILES string of the molecule is CCNC(Cc1ccc(Br)cc1F)c1cc(C)ccc1Br. The second-order valence-corrected chi connectivity index (χ2v) is 6.85. The summed E-state index contributed by atoms with van der Waals surface area (Å²) in [6.07, 6.45) is 0.620. The third-order valence-corrected chi connectivity index (χ3v) is 4.63. The highest BCUT2D eigenvalue weighted by atomic mass is 79.9. The fraction of sp³-hybridized carbons (Fsp3) is 0.294. The molecule has 0 radical (unpaired) electrons. The number of hydrogen-bond donors (Lipinski definition) is 1. The summed E-state index contributed by atoms with van der Waals surface area (Å²) in [5.41, 5.74) is 3.09. The van der Waals surface area contributed by atoms with Gasteiger partial charge in [-0.1, -0.05) is 62.5 Å². The summed E-state index contributed by atoms with van der Waals surface area (Å²) >= 11 is 6.90. The largest absolute Gasteiger partial charge is 0.310 e. The molecule has 0 bridgehead atoms. The molecule has 4 heteroatoms. The third kappa shape index (κ3) is 4.38. The topological polar surface area (TPSA) is 12.0 Å². The number of benzene rings is 2. The van der Waals surface area contributed by atoms with E-state index in [9.17, 15) is 4.39 Å². The molecule has 1 unspecified atom stereocenters. The molecule has 2 aromatic rings. The maximum Gasteiger partial charge on any atom is 0.127 e. The summed E-state index contributed by atoms with van der Waals surface area (Å²) in [5, 5.41) is 3.45. The molecule has 0 aliphatic rings. The van der Waals surface area contributed by atoms with Gasteiger partial charge in [0.25, 0.3) is 0 Å². The van der Waals surface area contributed by atoms with Crippen molar-refractivity contribution in [1.82, 2.24) is 5.32 Å². The summed E-state index contributed by atoms with van der Waals surface area (Å²) in [5.74, 6) is -0.170. The molecule has 112 valence electrons. The van der Waals surface area contributed by atoms with Crippen molar-refractivity contribution in [2.75, 3.05) is 6.54 Å².